The number of carbonyl (C=O) groups excluding carboxylic acids is 1. The monoisotopic (exact) mass is 327 g/mol. The fourth-order valence-corrected chi connectivity index (χ4v) is 3.76. The lowest BCUT2D eigenvalue weighted by atomic mass is 10.0. The van der Waals surface area contributed by atoms with E-state index in [9.17, 15) is 4.79 Å². The molecule has 2 fully saturated rings. The fourth-order valence-electron chi connectivity index (χ4n) is 3.23. The van der Waals surface area contributed by atoms with Gasteiger partial charge in [0.2, 0.25) is 5.91 Å². The highest BCUT2D eigenvalue weighted by molar-refractivity contribution is 6.35. The highest BCUT2D eigenvalue weighted by atomic mass is 35.5. The predicted molar refractivity (Wildman–Crippen MR) is 83.7 cm³/mol. The zero-order valence-electron chi connectivity index (χ0n) is 11.9. The van der Waals surface area contributed by atoms with E-state index in [1.807, 2.05) is 17.0 Å². The molecule has 1 aliphatic carbocycles. The number of ether oxygens (including phenoxy) is 1. The largest absolute Gasteiger partial charge is 0.370 e. The minimum absolute atomic E-state index is 0.158. The molecule has 21 heavy (non-hydrogen) atoms. The van der Waals surface area contributed by atoms with Gasteiger partial charge in [0.1, 0.15) is 6.10 Å². The van der Waals surface area contributed by atoms with Crippen molar-refractivity contribution in [1.82, 2.24) is 4.90 Å². The van der Waals surface area contributed by atoms with Crippen LogP contribution in [-0.2, 0) is 9.53 Å². The minimum atomic E-state index is -0.158. The molecule has 3 rings (SSSR count). The first-order valence-electron chi connectivity index (χ1n) is 7.50. The van der Waals surface area contributed by atoms with Crippen LogP contribution < -0.4 is 0 Å². The zero-order valence-corrected chi connectivity index (χ0v) is 13.4. The van der Waals surface area contributed by atoms with Gasteiger partial charge in [0, 0.05) is 28.1 Å². The normalized spacial score (nSPS) is 23.5. The lowest BCUT2D eigenvalue weighted by molar-refractivity contribution is -0.143. The van der Waals surface area contributed by atoms with E-state index in [4.69, 9.17) is 27.9 Å². The van der Waals surface area contributed by atoms with Crippen molar-refractivity contribution in [3.05, 3.63) is 33.8 Å². The summed E-state index contributed by atoms with van der Waals surface area (Å²) in [6.45, 7) is 1.82. The number of morpholine rings is 1. The van der Waals surface area contributed by atoms with Gasteiger partial charge < -0.3 is 9.64 Å². The molecule has 0 N–H and O–H groups in total. The molecule has 1 heterocycles. The van der Waals surface area contributed by atoms with Crippen LogP contribution in [0.4, 0.5) is 0 Å². The van der Waals surface area contributed by atoms with Crippen molar-refractivity contribution in [2.45, 2.75) is 31.8 Å². The van der Waals surface area contributed by atoms with E-state index in [0.717, 1.165) is 18.4 Å². The van der Waals surface area contributed by atoms with E-state index in [2.05, 4.69) is 0 Å². The molecule has 1 atom stereocenters. The molecule has 114 valence electrons. The topological polar surface area (TPSA) is 29.5 Å². The lowest BCUT2D eigenvalue weighted by Gasteiger charge is -2.35. The smallest absolute Gasteiger partial charge is 0.225 e. The molecule has 0 aromatic heterocycles. The first-order valence-corrected chi connectivity index (χ1v) is 8.26. The molecule has 1 aromatic rings. The molecule has 1 saturated heterocycles. The Morgan fingerprint density at radius 1 is 1.24 bits per heavy atom. The number of benzene rings is 1. The standard InChI is InChI=1S/C16H19Cl2NO2/c17-12-5-6-13(14(18)9-12)15-10-19(7-8-21-15)16(20)11-3-1-2-4-11/h5-6,9,11,15H,1-4,7-8,10H2. The molecule has 1 aliphatic heterocycles. The number of hydrogen-bond acceptors (Lipinski definition) is 2. The average molecular weight is 328 g/mol. The lowest BCUT2D eigenvalue weighted by Crippen LogP contribution is -2.44. The molecule has 0 bridgehead atoms. The van der Waals surface area contributed by atoms with Crippen LogP contribution in [-0.4, -0.2) is 30.5 Å². The van der Waals surface area contributed by atoms with Gasteiger partial charge in [0.15, 0.2) is 0 Å². The summed E-state index contributed by atoms with van der Waals surface area (Å²) < 4.78 is 5.81. The number of halogens is 2. The Labute approximate surface area is 135 Å². The summed E-state index contributed by atoms with van der Waals surface area (Å²) in [5, 5.41) is 1.21. The van der Waals surface area contributed by atoms with Gasteiger partial charge in [-0.05, 0) is 25.0 Å². The van der Waals surface area contributed by atoms with E-state index in [1.165, 1.54) is 12.8 Å². The Kier molecular flexibility index (Phi) is 4.72. The second-order valence-electron chi connectivity index (χ2n) is 5.79. The average Bonchev–Trinajstić information content (AvgIpc) is 3.01. The third-order valence-electron chi connectivity index (χ3n) is 4.39. The number of hydrogen-bond donors (Lipinski definition) is 0. The number of carbonyl (C=O) groups is 1. The summed E-state index contributed by atoms with van der Waals surface area (Å²) in [6.07, 6.45) is 4.25. The van der Waals surface area contributed by atoms with Crippen LogP contribution in [0.3, 0.4) is 0 Å². The third-order valence-corrected chi connectivity index (χ3v) is 4.95. The second-order valence-corrected chi connectivity index (χ2v) is 6.63. The van der Waals surface area contributed by atoms with Crippen molar-refractivity contribution in [3.63, 3.8) is 0 Å². The van der Waals surface area contributed by atoms with E-state index >= 15 is 0 Å². The molecule has 0 spiro atoms. The highest BCUT2D eigenvalue weighted by Crippen LogP contribution is 2.32. The van der Waals surface area contributed by atoms with Crippen LogP contribution in [0.1, 0.15) is 37.4 Å². The van der Waals surface area contributed by atoms with Crippen LogP contribution in [0, 0.1) is 5.92 Å². The van der Waals surface area contributed by atoms with Gasteiger partial charge in [-0.3, -0.25) is 4.79 Å². The van der Waals surface area contributed by atoms with Crippen LogP contribution >= 0.6 is 23.2 Å². The molecule has 3 nitrogen and oxygen atoms in total. The Balaban J connectivity index is 1.71. The minimum Gasteiger partial charge on any atom is -0.370 e. The Bertz CT molecular complexity index is 529. The Morgan fingerprint density at radius 3 is 2.71 bits per heavy atom. The Morgan fingerprint density at radius 2 is 2.00 bits per heavy atom. The second kappa shape index (κ2) is 6.55. The Hall–Kier alpha value is -0.770. The van der Waals surface area contributed by atoms with Gasteiger partial charge in [0.25, 0.3) is 0 Å². The van der Waals surface area contributed by atoms with Crippen molar-refractivity contribution >= 4 is 29.1 Å². The van der Waals surface area contributed by atoms with Crippen molar-refractivity contribution in [1.29, 1.82) is 0 Å². The van der Waals surface area contributed by atoms with E-state index < -0.39 is 0 Å². The molecular formula is C16H19Cl2NO2. The molecule has 1 saturated carbocycles. The van der Waals surface area contributed by atoms with Gasteiger partial charge in [-0.2, -0.15) is 0 Å². The summed E-state index contributed by atoms with van der Waals surface area (Å²) in [5.74, 6) is 0.496. The summed E-state index contributed by atoms with van der Waals surface area (Å²) in [7, 11) is 0. The number of amides is 1. The van der Waals surface area contributed by atoms with E-state index in [-0.39, 0.29) is 17.9 Å². The maximum Gasteiger partial charge on any atom is 0.225 e. The van der Waals surface area contributed by atoms with Gasteiger partial charge >= 0.3 is 0 Å². The van der Waals surface area contributed by atoms with Crippen LogP contribution in [0.5, 0.6) is 0 Å². The number of nitrogens with zero attached hydrogens (tertiary/aromatic N) is 1. The van der Waals surface area contributed by atoms with Crippen molar-refractivity contribution in [2.75, 3.05) is 19.7 Å². The molecule has 1 aromatic carbocycles. The first kappa shape index (κ1) is 15.1. The van der Waals surface area contributed by atoms with Gasteiger partial charge in [0.05, 0.1) is 13.2 Å². The van der Waals surface area contributed by atoms with Crippen molar-refractivity contribution in [3.8, 4) is 0 Å². The highest BCUT2D eigenvalue weighted by Gasteiger charge is 2.32. The van der Waals surface area contributed by atoms with Crippen LogP contribution in [0.15, 0.2) is 18.2 Å². The van der Waals surface area contributed by atoms with Crippen LogP contribution in [0.2, 0.25) is 10.0 Å². The first-order chi connectivity index (χ1) is 10.1. The van der Waals surface area contributed by atoms with E-state index in [1.54, 1.807) is 6.07 Å². The summed E-state index contributed by atoms with van der Waals surface area (Å²) >= 11 is 12.2. The maximum atomic E-state index is 12.5. The molecule has 1 amide bonds. The quantitative estimate of drug-likeness (QED) is 0.818. The summed E-state index contributed by atoms with van der Waals surface area (Å²) in [5.41, 5.74) is 0.907. The molecule has 1 unspecified atom stereocenters. The van der Waals surface area contributed by atoms with Gasteiger partial charge in [-0.1, -0.05) is 42.1 Å². The van der Waals surface area contributed by atoms with Crippen LogP contribution in [0.25, 0.3) is 0 Å². The fraction of sp³-hybridized carbons (Fsp3) is 0.562. The predicted octanol–water partition coefficient (Wildman–Crippen LogP) is 4.08. The van der Waals surface area contributed by atoms with Crippen molar-refractivity contribution < 1.29 is 9.53 Å². The van der Waals surface area contributed by atoms with Gasteiger partial charge in [-0.25, -0.2) is 0 Å². The molecular weight excluding hydrogens is 309 g/mol. The summed E-state index contributed by atoms with van der Waals surface area (Å²) in [6, 6.07) is 5.42. The number of rotatable bonds is 2. The third kappa shape index (κ3) is 3.36. The van der Waals surface area contributed by atoms with E-state index in [0.29, 0.717) is 29.7 Å². The molecule has 0 radical (unpaired) electrons. The molecule has 2 aliphatic rings. The zero-order chi connectivity index (χ0) is 14.8. The summed E-state index contributed by atoms with van der Waals surface area (Å²) in [4.78, 5) is 14.5. The van der Waals surface area contributed by atoms with Crippen molar-refractivity contribution in [2.24, 2.45) is 5.92 Å². The SMILES string of the molecule is O=C(C1CCCC1)N1CCOC(c2ccc(Cl)cc2Cl)C1. The molecule has 5 heteroatoms. The maximum absolute atomic E-state index is 12.5. The van der Waals surface area contributed by atoms with Gasteiger partial charge in [-0.15, -0.1) is 0 Å².